The van der Waals surface area contributed by atoms with Crippen LogP contribution in [-0.4, -0.2) is 36.7 Å². The van der Waals surface area contributed by atoms with Crippen molar-refractivity contribution in [1.82, 2.24) is 19.5 Å². The minimum absolute atomic E-state index is 0.189. The van der Waals surface area contributed by atoms with Crippen molar-refractivity contribution in [3.8, 4) is 11.8 Å². The normalized spacial score (nSPS) is 13.5. The molecule has 1 heterocycles. The Labute approximate surface area is 148 Å². The van der Waals surface area contributed by atoms with E-state index in [1.807, 2.05) is 0 Å². The van der Waals surface area contributed by atoms with Gasteiger partial charge < -0.3 is 9.47 Å². The van der Waals surface area contributed by atoms with E-state index in [0.29, 0.717) is 6.54 Å². The number of hydrogen-bond acceptors (Lipinski definition) is 6. The van der Waals surface area contributed by atoms with E-state index >= 15 is 0 Å². The SMILES string of the molecule is CCn1c(OC)nnc1[C@@H](C)NS(=O)(=O)c1ccccc1OC(F)(F)F. The zero-order chi connectivity index (χ0) is 19.5. The van der Waals surface area contributed by atoms with Crippen molar-refractivity contribution in [1.29, 1.82) is 0 Å². The van der Waals surface area contributed by atoms with Gasteiger partial charge in [-0.05, 0) is 26.0 Å². The maximum absolute atomic E-state index is 12.6. The predicted octanol–water partition coefficient (Wildman–Crippen LogP) is 2.24. The number of methoxy groups -OCH3 is 1. The van der Waals surface area contributed by atoms with Crippen LogP contribution in [-0.2, 0) is 16.6 Å². The summed E-state index contributed by atoms with van der Waals surface area (Å²) in [4.78, 5) is -0.640. The van der Waals surface area contributed by atoms with Gasteiger partial charge in [0.1, 0.15) is 10.6 Å². The molecule has 0 spiro atoms. The first-order valence-corrected chi connectivity index (χ1v) is 8.91. The summed E-state index contributed by atoms with van der Waals surface area (Å²) < 4.78 is 75.2. The zero-order valence-corrected chi connectivity index (χ0v) is 14.9. The molecule has 0 saturated heterocycles. The molecule has 12 heteroatoms. The van der Waals surface area contributed by atoms with E-state index < -0.39 is 33.1 Å². The minimum Gasteiger partial charge on any atom is -0.467 e. The fourth-order valence-electron chi connectivity index (χ4n) is 2.30. The van der Waals surface area contributed by atoms with Gasteiger partial charge in [0, 0.05) is 6.54 Å². The lowest BCUT2D eigenvalue weighted by Gasteiger charge is -2.17. The largest absolute Gasteiger partial charge is 0.573 e. The first-order valence-electron chi connectivity index (χ1n) is 7.43. The Morgan fingerprint density at radius 3 is 2.50 bits per heavy atom. The molecule has 0 unspecified atom stereocenters. The van der Waals surface area contributed by atoms with Gasteiger partial charge in [-0.1, -0.05) is 17.2 Å². The first-order chi connectivity index (χ1) is 12.1. The Hall–Kier alpha value is -2.34. The molecular formula is C14H17F3N4O4S. The molecule has 0 bridgehead atoms. The minimum atomic E-state index is -5.02. The number of ether oxygens (including phenoxy) is 2. The molecule has 8 nitrogen and oxygen atoms in total. The average molecular weight is 394 g/mol. The number of para-hydroxylation sites is 1. The van der Waals surface area contributed by atoms with E-state index in [4.69, 9.17) is 4.74 Å². The third-order valence-electron chi connectivity index (χ3n) is 3.33. The lowest BCUT2D eigenvalue weighted by atomic mass is 10.3. The molecule has 1 aromatic carbocycles. The van der Waals surface area contributed by atoms with E-state index in [1.54, 1.807) is 6.92 Å². The Morgan fingerprint density at radius 1 is 1.27 bits per heavy atom. The van der Waals surface area contributed by atoms with Gasteiger partial charge in [-0.2, -0.15) is 0 Å². The summed E-state index contributed by atoms with van der Waals surface area (Å²) in [5.41, 5.74) is 0. The van der Waals surface area contributed by atoms with Crippen LogP contribution in [0.4, 0.5) is 13.2 Å². The van der Waals surface area contributed by atoms with Crippen LogP contribution in [0.15, 0.2) is 29.2 Å². The summed E-state index contributed by atoms with van der Waals surface area (Å²) in [6.45, 7) is 3.68. The van der Waals surface area contributed by atoms with Crippen molar-refractivity contribution in [3.05, 3.63) is 30.1 Å². The maximum atomic E-state index is 12.6. The monoisotopic (exact) mass is 394 g/mol. The highest BCUT2D eigenvalue weighted by atomic mass is 32.2. The first kappa shape index (κ1) is 20.0. The molecule has 0 fully saturated rings. The smallest absolute Gasteiger partial charge is 0.467 e. The number of nitrogens with one attached hydrogen (secondary N) is 1. The second kappa shape index (κ2) is 7.50. The van der Waals surface area contributed by atoms with E-state index in [0.717, 1.165) is 12.1 Å². The molecule has 0 aliphatic carbocycles. The van der Waals surface area contributed by atoms with Gasteiger partial charge in [0.05, 0.1) is 13.2 Å². The van der Waals surface area contributed by atoms with Crippen LogP contribution in [0.3, 0.4) is 0 Å². The summed E-state index contributed by atoms with van der Waals surface area (Å²) in [7, 11) is -2.94. The zero-order valence-electron chi connectivity index (χ0n) is 14.1. The molecule has 1 atom stereocenters. The van der Waals surface area contributed by atoms with E-state index in [2.05, 4.69) is 19.7 Å². The van der Waals surface area contributed by atoms with Crippen LogP contribution in [0.5, 0.6) is 11.8 Å². The van der Waals surface area contributed by atoms with E-state index in [9.17, 15) is 21.6 Å². The highest BCUT2D eigenvalue weighted by Gasteiger charge is 2.34. The molecular weight excluding hydrogens is 377 g/mol. The Balaban J connectivity index is 2.34. The van der Waals surface area contributed by atoms with Crippen LogP contribution < -0.4 is 14.2 Å². The number of nitrogens with zero attached hydrogens (tertiary/aromatic N) is 3. The quantitative estimate of drug-likeness (QED) is 0.774. The van der Waals surface area contributed by atoms with Gasteiger partial charge in [0.15, 0.2) is 5.82 Å². The Bertz CT molecular complexity index is 867. The molecule has 0 saturated carbocycles. The topological polar surface area (TPSA) is 95.3 Å². The maximum Gasteiger partial charge on any atom is 0.573 e. The second-order valence-corrected chi connectivity index (χ2v) is 6.81. The van der Waals surface area contributed by atoms with Crippen molar-refractivity contribution < 1.29 is 31.1 Å². The molecule has 0 aliphatic rings. The molecule has 1 aromatic heterocycles. The lowest BCUT2D eigenvalue weighted by Crippen LogP contribution is -2.30. The van der Waals surface area contributed by atoms with Crippen molar-refractivity contribution in [3.63, 3.8) is 0 Å². The Morgan fingerprint density at radius 2 is 1.92 bits per heavy atom. The van der Waals surface area contributed by atoms with Crippen LogP contribution in [0.25, 0.3) is 0 Å². The van der Waals surface area contributed by atoms with E-state index in [1.165, 1.54) is 30.7 Å². The van der Waals surface area contributed by atoms with Crippen molar-refractivity contribution in [2.24, 2.45) is 0 Å². The third kappa shape index (κ3) is 4.43. The van der Waals surface area contributed by atoms with Gasteiger partial charge in [-0.25, -0.2) is 13.1 Å². The van der Waals surface area contributed by atoms with Crippen LogP contribution in [0, 0.1) is 0 Å². The molecule has 0 aliphatic heterocycles. The number of aromatic nitrogens is 3. The fourth-order valence-corrected chi connectivity index (χ4v) is 3.63. The molecule has 144 valence electrons. The van der Waals surface area contributed by atoms with Gasteiger partial charge >= 0.3 is 12.4 Å². The van der Waals surface area contributed by atoms with E-state index in [-0.39, 0.29) is 11.8 Å². The summed E-state index contributed by atoms with van der Waals surface area (Å²) in [5.74, 6) is -0.573. The highest BCUT2D eigenvalue weighted by Crippen LogP contribution is 2.30. The molecule has 1 N–H and O–H groups in total. The standard InChI is InChI=1S/C14H17F3N4O4S/c1-4-21-12(18-19-13(21)24-3)9(2)20-26(22,23)11-8-6-5-7-10(11)25-14(15,16)17/h5-9,20H,4H2,1-3H3/t9-/m1/s1. The van der Waals surface area contributed by atoms with Crippen molar-refractivity contribution in [2.75, 3.05) is 7.11 Å². The predicted molar refractivity (Wildman–Crippen MR) is 84.1 cm³/mol. The third-order valence-corrected chi connectivity index (χ3v) is 4.91. The molecule has 2 aromatic rings. The number of sulfonamides is 1. The number of benzene rings is 1. The summed E-state index contributed by atoms with van der Waals surface area (Å²) in [6, 6.07) is 3.78. The van der Waals surface area contributed by atoms with Gasteiger partial charge in [0.2, 0.25) is 10.0 Å². The fraction of sp³-hybridized carbons (Fsp3) is 0.429. The van der Waals surface area contributed by atoms with Crippen LogP contribution in [0.2, 0.25) is 0 Å². The molecule has 0 radical (unpaired) electrons. The number of hydrogen-bond donors (Lipinski definition) is 1. The number of alkyl halides is 3. The second-order valence-electron chi connectivity index (χ2n) is 5.13. The molecule has 2 rings (SSSR count). The van der Waals surface area contributed by atoms with Gasteiger partial charge in [0.25, 0.3) is 0 Å². The molecule has 26 heavy (non-hydrogen) atoms. The molecule has 0 amide bonds. The number of rotatable bonds is 7. The van der Waals surface area contributed by atoms with Crippen LogP contribution in [0.1, 0.15) is 25.7 Å². The van der Waals surface area contributed by atoms with Crippen molar-refractivity contribution in [2.45, 2.75) is 37.7 Å². The average Bonchev–Trinajstić information content (AvgIpc) is 2.96. The van der Waals surface area contributed by atoms with Gasteiger partial charge in [-0.3, -0.25) is 4.57 Å². The summed E-state index contributed by atoms with van der Waals surface area (Å²) in [6.07, 6.45) is -5.02. The lowest BCUT2D eigenvalue weighted by molar-refractivity contribution is -0.275. The van der Waals surface area contributed by atoms with Gasteiger partial charge in [-0.15, -0.1) is 18.3 Å². The summed E-state index contributed by atoms with van der Waals surface area (Å²) in [5, 5.41) is 7.64. The Kier molecular flexibility index (Phi) is 5.76. The highest BCUT2D eigenvalue weighted by molar-refractivity contribution is 7.89. The number of halogens is 3. The van der Waals surface area contributed by atoms with Crippen molar-refractivity contribution >= 4 is 10.0 Å². The summed E-state index contributed by atoms with van der Waals surface area (Å²) >= 11 is 0. The van der Waals surface area contributed by atoms with Crippen LogP contribution >= 0.6 is 0 Å².